The van der Waals surface area contributed by atoms with Gasteiger partial charge in [0, 0.05) is 25.5 Å². The summed E-state index contributed by atoms with van der Waals surface area (Å²) in [6.45, 7) is 5.56. The molecule has 1 N–H and O–H groups in total. The molecular weight excluding hydrogens is 264 g/mol. The number of nitrogens with one attached hydrogen (secondary N) is 1. The fourth-order valence-electron chi connectivity index (χ4n) is 2.58. The first-order valence-electron chi connectivity index (χ1n) is 7.83. The van der Waals surface area contributed by atoms with Crippen molar-refractivity contribution in [1.82, 2.24) is 14.9 Å². The second-order valence-corrected chi connectivity index (χ2v) is 5.46. The average molecular weight is 290 g/mol. The van der Waals surface area contributed by atoms with Crippen LogP contribution >= 0.6 is 0 Å². The van der Waals surface area contributed by atoms with Crippen LogP contribution in [0, 0.1) is 16.7 Å². The monoisotopic (exact) mass is 290 g/mol. The van der Waals surface area contributed by atoms with Crippen LogP contribution in [0.5, 0.6) is 0 Å². The van der Waals surface area contributed by atoms with E-state index in [9.17, 15) is 10.1 Å². The van der Waals surface area contributed by atoms with E-state index < -0.39 is 5.41 Å². The van der Waals surface area contributed by atoms with Gasteiger partial charge in [-0.2, -0.15) is 5.26 Å². The van der Waals surface area contributed by atoms with Gasteiger partial charge in [-0.3, -0.25) is 4.79 Å². The van der Waals surface area contributed by atoms with Crippen LogP contribution in [-0.4, -0.2) is 22.0 Å². The number of carbonyl (C=O) groups is 1. The maximum Gasteiger partial charge on any atom is 0.240 e. The molecule has 0 aromatic carbocycles. The molecule has 1 aromatic heterocycles. The molecule has 1 aromatic rings. The molecule has 0 aliphatic rings. The van der Waals surface area contributed by atoms with Gasteiger partial charge in [-0.25, -0.2) is 4.98 Å². The minimum atomic E-state index is -0.839. The number of nitriles is 1. The Hall–Kier alpha value is -1.83. The van der Waals surface area contributed by atoms with E-state index in [1.165, 1.54) is 0 Å². The lowest BCUT2D eigenvalue weighted by Crippen LogP contribution is -2.40. The highest BCUT2D eigenvalue weighted by Crippen LogP contribution is 2.29. The van der Waals surface area contributed by atoms with E-state index in [4.69, 9.17) is 0 Å². The summed E-state index contributed by atoms with van der Waals surface area (Å²) < 4.78 is 2.02. The standard InChI is InChI=1S/C16H26N4O/c1-3-7-16(13-17,8-4-2)15(21)19-9-5-6-11-20-12-10-18-14-20/h10,12,14H,3-9,11H2,1-2H3,(H,19,21). The zero-order chi connectivity index (χ0) is 15.6. The summed E-state index contributed by atoms with van der Waals surface area (Å²) in [4.78, 5) is 16.3. The Morgan fingerprint density at radius 1 is 1.33 bits per heavy atom. The lowest BCUT2D eigenvalue weighted by Gasteiger charge is -2.24. The van der Waals surface area contributed by atoms with Gasteiger partial charge in [0.05, 0.1) is 12.4 Å². The summed E-state index contributed by atoms with van der Waals surface area (Å²) in [5.41, 5.74) is -0.839. The van der Waals surface area contributed by atoms with Crippen molar-refractivity contribution >= 4 is 5.91 Å². The van der Waals surface area contributed by atoms with Crippen molar-refractivity contribution in [2.24, 2.45) is 5.41 Å². The molecule has 0 atom stereocenters. The Bertz CT molecular complexity index is 441. The highest BCUT2D eigenvalue weighted by molar-refractivity contribution is 5.85. The number of hydrogen-bond donors (Lipinski definition) is 1. The van der Waals surface area contributed by atoms with Crippen molar-refractivity contribution in [2.45, 2.75) is 58.9 Å². The maximum atomic E-state index is 12.3. The summed E-state index contributed by atoms with van der Waals surface area (Å²) in [5, 5.41) is 12.4. The van der Waals surface area contributed by atoms with Crippen LogP contribution in [0.25, 0.3) is 0 Å². The normalized spacial score (nSPS) is 11.1. The van der Waals surface area contributed by atoms with Crippen LogP contribution in [0.1, 0.15) is 52.4 Å². The first-order chi connectivity index (χ1) is 10.2. The molecule has 5 heteroatoms. The molecule has 0 saturated heterocycles. The molecule has 1 heterocycles. The van der Waals surface area contributed by atoms with Crippen LogP contribution in [0.2, 0.25) is 0 Å². The Morgan fingerprint density at radius 3 is 2.57 bits per heavy atom. The van der Waals surface area contributed by atoms with Crippen molar-refractivity contribution < 1.29 is 4.79 Å². The Morgan fingerprint density at radius 2 is 2.05 bits per heavy atom. The first-order valence-corrected chi connectivity index (χ1v) is 7.83. The van der Waals surface area contributed by atoms with E-state index in [1.54, 1.807) is 12.5 Å². The minimum Gasteiger partial charge on any atom is -0.355 e. The quantitative estimate of drug-likeness (QED) is 0.673. The summed E-state index contributed by atoms with van der Waals surface area (Å²) in [6.07, 6.45) is 10.4. The van der Waals surface area contributed by atoms with Crippen LogP contribution in [0.4, 0.5) is 0 Å². The zero-order valence-electron chi connectivity index (χ0n) is 13.1. The largest absolute Gasteiger partial charge is 0.355 e. The highest BCUT2D eigenvalue weighted by Gasteiger charge is 2.36. The molecular formula is C16H26N4O. The van der Waals surface area contributed by atoms with Gasteiger partial charge >= 0.3 is 0 Å². The third kappa shape index (κ3) is 5.22. The third-order valence-corrected chi connectivity index (χ3v) is 3.69. The van der Waals surface area contributed by atoms with Crippen LogP contribution in [-0.2, 0) is 11.3 Å². The summed E-state index contributed by atoms with van der Waals surface area (Å²) >= 11 is 0. The Kier molecular flexibility index (Phi) is 7.52. The van der Waals surface area contributed by atoms with E-state index in [1.807, 2.05) is 24.6 Å². The van der Waals surface area contributed by atoms with Gasteiger partial charge in [0.15, 0.2) is 0 Å². The minimum absolute atomic E-state index is 0.101. The molecule has 1 amide bonds. The molecule has 116 valence electrons. The third-order valence-electron chi connectivity index (χ3n) is 3.69. The average Bonchev–Trinajstić information content (AvgIpc) is 2.99. The summed E-state index contributed by atoms with van der Waals surface area (Å²) in [5.74, 6) is -0.101. The maximum absolute atomic E-state index is 12.3. The lowest BCUT2D eigenvalue weighted by molar-refractivity contribution is -0.128. The number of hydrogen-bond acceptors (Lipinski definition) is 3. The summed E-state index contributed by atoms with van der Waals surface area (Å²) in [7, 11) is 0. The fourth-order valence-corrected chi connectivity index (χ4v) is 2.58. The lowest BCUT2D eigenvalue weighted by atomic mass is 9.80. The molecule has 0 fully saturated rings. The van der Waals surface area contributed by atoms with Gasteiger partial charge in [-0.05, 0) is 25.7 Å². The first kappa shape index (κ1) is 17.2. The number of carbonyl (C=O) groups excluding carboxylic acids is 1. The molecule has 0 radical (unpaired) electrons. The van der Waals surface area contributed by atoms with Crippen LogP contribution < -0.4 is 5.32 Å². The fraction of sp³-hybridized carbons (Fsp3) is 0.688. The smallest absolute Gasteiger partial charge is 0.240 e. The van der Waals surface area contributed by atoms with Gasteiger partial charge in [-0.15, -0.1) is 0 Å². The molecule has 5 nitrogen and oxygen atoms in total. The van der Waals surface area contributed by atoms with Crippen molar-refractivity contribution in [2.75, 3.05) is 6.54 Å². The number of imidazole rings is 1. The Balaban J connectivity index is 2.34. The predicted octanol–water partition coefficient (Wildman–Crippen LogP) is 2.89. The van der Waals surface area contributed by atoms with Gasteiger partial charge in [0.1, 0.15) is 5.41 Å². The van der Waals surface area contributed by atoms with E-state index in [2.05, 4.69) is 16.4 Å². The molecule has 0 unspecified atom stereocenters. The number of aromatic nitrogens is 2. The second-order valence-electron chi connectivity index (χ2n) is 5.46. The Labute approximate surface area is 127 Å². The van der Waals surface area contributed by atoms with Gasteiger partial charge < -0.3 is 9.88 Å². The van der Waals surface area contributed by atoms with Crippen molar-refractivity contribution in [3.63, 3.8) is 0 Å². The predicted molar refractivity (Wildman–Crippen MR) is 82.3 cm³/mol. The van der Waals surface area contributed by atoms with Gasteiger partial charge in [-0.1, -0.05) is 26.7 Å². The molecule has 0 spiro atoms. The number of amides is 1. The van der Waals surface area contributed by atoms with Gasteiger partial charge in [0.2, 0.25) is 5.91 Å². The molecule has 1 rings (SSSR count). The van der Waals surface area contributed by atoms with Crippen molar-refractivity contribution in [1.29, 1.82) is 5.26 Å². The van der Waals surface area contributed by atoms with E-state index >= 15 is 0 Å². The molecule has 0 bridgehead atoms. The summed E-state index contributed by atoms with van der Waals surface area (Å²) in [6, 6.07) is 2.26. The number of unbranched alkanes of at least 4 members (excludes halogenated alkanes) is 1. The number of rotatable bonds is 10. The number of aryl methyl sites for hydroxylation is 1. The highest BCUT2D eigenvalue weighted by atomic mass is 16.2. The molecule has 0 aliphatic heterocycles. The number of nitrogens with zero attached hydrogens (tertiary/aromatic N) is 3. The SMILES string of the molecule is CCCC(C#N)(CCC)C(=O)NCCCCn1ccnc1. The van der Waals surface area contributed by atoms with Crippen LogP contribution in [0.3, 0.4) is 0 Å². The van der Waals surface area contributed by atoms with Crippen LogP contribution in [0.15, 0.2) is 18.7 Å². The molecule has 21 heavy (non-hydrogen) atoms. The molecule has 0 aliphatic carbocycles. The van der Waals surface area contributed by atoms with Crippen molar-refractivity contribution in [3.8, 4) is 6.07 Å². The van der Waals surface area contributed by atoms with E-state index in [0.717, 1.165) is 32.2 Å². The van der Waals surface area contributed by atoms with Gasteiger partial charge in [0.25, 0.3) is 0 Å². The second kappa shape index (κ2) is 9.17. The topological polar surface area (TPSA) is 70.7 Å². The zero-order valence-corrected chi connectivity index (χ0v) is 13.1. The molecule has 0 saturated carbocycles. The van der Waals surface area contributed by atoms with E-state index in [-0.39, 0.29) is 5.91 Å². The van der Waals surface area contributed by atoms with E-state index in [0.29, 0.717) is 19.4 Å². The van der Waals surface area contributed by atoms with Crippen molar-refractivity contribution in [3.05, 3.63) is 18.7 Å².